The van der Waals surface area contributed by atoms with Gasteiger partial charge in [-0.25, -0.2) is 9.97 Å². The number of amides is 2. The van der Waals surface area contributed by atoms with Crippen molar-refractivity contribution in [1.82, 2.24) is 39.7 Å². The van der Waals surface area contributed by atoms with Gasteiger partial charge in [-0.3, -0.25) is 24.3 Å². The largest absolute Gasteiger partial charge is 0.475 e. The van der Waals surface area contributed by atoms with E-state index >= 15 is 0 Å². The van der Waals surface area contributed by atoms with Crippen molar-refractivity contribution in [3.63, 3.8) is 0 Å². The number of fused-ring (bicyclic) bond motifs is 1. The van der Waals surface area contributed by atoms with Crippen LogP contribution in [-0.4, -0.2) is 96.9 Å². The Balaban J connectivity index is 0.889. The summed E-state index contributed by atoms with van der Waals surface area (Å²) >= 11 is 0. The number of H-pyrrole nitrogens is 1. The van der Waals surface area contributed by atoms with Crippen molar-refractivity contribution in [2.45, 2.75) is 39.2 Å². The molecule has 5 aromatic rings. The van der Waals surface area contributed by atoms with Gasteiger partial charge in [-0.15, -0.1) is 0 Å². The summed E-state index contributed by atoms with van der Waals surface area (Å²) in [4.78, 5) is 42.2. The van der Waals surface area contributed by atoms with Crippen LogP contribution in [0.1, 0.15) is 38.7 Å². The highest BCUT2D eigenvalue weighted by atomic mass is 16.5. The van der Waals surface area contributed by atoms with E-state index in [1.807, 2.05) is 73.2 Å². The first-order valence-electron chi connectivity index (χ1n) is 17.3. The molecular weight excluding hydrogens is 630 g/mol. The molecule has 1 unspecified atom stereocenters. The first kappa shape index (κ1) is 31.9. The van der Waals surface area contributed by atoms with Crippen molar-refractivity contribution >= 4 is 34.0 Å². The molecule has 0 saturated carbocycles. The van der Waals surface area contributed by atoms with Crippen LogP contribution in [-0.2, 0) is 16.6 Å². The molecule has 3 aromatic heterocycles. The minimum absolute atomic E-state index is 0.0454. The van der Waals surface area contributed by atoms with Gasteiger partial charge >= 0.3 is 0 Å². The smallest absolute Gasteiger partial charge is 0.237 e. The van der Waals surface area contributed by atoms with Crippen molar-refractivity contribution < 1.29 is 14.3 Å². The summed E-state index contributed by atoms with van der Waals surface area (Å²) in [5.41, 5.74) is 6.35. The van der Waals surface area contributed by atoms with Crippen LogP contribution in [0.4, 0.5) is 5.69 Å². The number of anilines is 1. The average molecular weight is 672 g/mol. The summed E-state index contributed by atoms with van der Waals surface area (Å²) in [6, 6.07) is 18.1. The number of aryl methyl sites for hydroxylation is 1. The van der Waals surface area contributed by atoms with Gasteiger partial charge in [0.2, 0.25) is 17.7 Å². The quantitative estimate of drug-likeness (QED) is 0.246. The van der Waals surface area contributed by atoms with Crippen LogP contribution in [0.3, 0.4) is 0 Å². The molecule has 2 saturated heterocycles. The van der Waals surface area contributed by atoms with Gasteiger partial charge in [0, 0.05) is 67.7 Å². The molecule has 12 heteroatoms. The normalized spacial score (nSPS) is 19.7. The lowest BCUT2D eigenvalue weighted by molar-refractivity contribution is -0.132. The fourth-order valence-corrected chi connectivity index (χ4v) is 7.51. The van der Waals surface area contributed by atoms with E-state index in [9.17, 15) is 9.59 Å². The fraction of sp³-hybridized carbons (Fsp3) is 0.368. The predicted octanol–water partition coefficient (Wildman–Crippen LogP) is 4.95. The number of ether oxygens (including phenoxy) is 1. The van der Waals surface area contributed by atoms with Crippen molar-refractivity contribution in [2.24, 2.45) is 12.5 Å². The summed E-state index contributed by atoms with van der Waals surface area (Å²) in [5, 5.41) is 13.0. The van der Waals surface area contributed by atoms with Crippen LogP contribution in [0.2, 0.25) is 0 Å². The standard InChI is InChI=1S/C38H41N9O3/c1-25(2)50-33-11-8-29(21-39-33)35-31-20-30(9-10-32(31)41-42-35)47-19-15-38(37(47)49)14-18-45(23-38)22-34(48)46-16-12-27(13-17-46)26-4-6-28(7-5-26)36-40-24-44(3)43-36/h4-12,20-21,24-25H,13-19,22-23H2,1-3H3,(H,41,42). The lowest BCUT2D eigenvalue weighted by atomic mass is 9.85. The summed E-state index contributed by atoms with van der Waals surface area (Å²) in [5.74, 6) is 1.54. The molecule has 8 rings (SSSR count). The fourth-order valence-electron chi connectivity index (χ4n) is 7.51. The minimum atomic E-state index is -0.462. The van der Waals surface area contributed by atoms with Crippen LogP contribution in [0.25, 0.3) is 39.1 Å². The number of aromatic amines is 1. The number of carbonyl (C=O) groups excluding carboxylic acids is 2. The van der Waals surface area contributed by atoms with Gasteiger partial charge in [0.1, 0.15) is 12.0 Å². The number of rotatable bonds is 8. The highest BCUT2D eigenvalue weighted by Crippen LogP contribution is 2.43. The lowest BCUT2D eigenvalue weighted by Crippen LogP contribution is -2.43. The molecule has 0 bridgehead atoms. The maximum absolute atomic E-state index is 14.0. The van der Waals surface area contributed by atoms with Crippen molar-refractivity contribution in [1.29, 1.82) is 0 Å². The van der Waals surface area contributed by atoms with Crippen molar-refractivity contribution in [3.05, 3.63) is 78.8 Å². The Morgan fingerprint density at radius 2 is 1.78 bits per heavy atom. The van der Waals surface area contributed by atoms with Crippen LogP contribution in [0, 0.1) is 5.41 Å². The van der Waals surface area contributed by atoms with Crippen LogP contribution >= 0.6 is 0 Å². The van der Waals surface area contributed by atoms with E-state index < -0.39 is 5.41 Å². The lowest BCUT2D eigenvalue weighted by Gasteiger charge is -2.29. The number of aromatic nitrogens is 6. The number of likely N-dealkylation sites (tertiary alicyclic amines) is 1. The molecule has 2 amide bonds. The number of hydrogen-bond acceptors (Lipinski definition) is 8. The van der Waals surface area contributed by atoms with Gasteiger partial charge in [-0.1, -0.05) is 30.3 Å². The summed E-state index contributed by atoms with van der Waals surface area (Å²) in [7, 11) is 1.86. The molecule has 256 valence electrons. The van der Waals surface area contributed by atoms with Gasteiger partial charge in [0.15, 0.2) is 5.82 Å². The Hall–Kier alpha value is -5.36. The molecular formula is C38H41N9O3. The first-order valence-corrected chi connectivity index (χ1v) is 17.3. The number of carbonyl (C=O) groups is 2. The van der Waals surface area contributed by atoms with Gasteiger partial charge in [-0.05, 0) is 75.1 Å². The molecule has 1 spiro atoms. The average Bonchev–Trinajstić information content (AvgIpc) is 3.92. The second-order valence-corrected chi connectivity index (χ2v) is 13.9. The SMILES string of the molecule is CC(C)Oc1ccc(-c2n[nH]c3ccc(N4CCC5(CCN(CC(=O)N6CC=C(c7ccc(-c8ncn(C)n8)cc7)CC6)C5)C4=O)cc23)cn1. The molecule has 3 aliphatic heterocycles. The van der Waals surface area contributed by atoms with E-state index in [0.717, 1.165) is 64.8 Å². The Morgan fingerprint density at radius 1 is 0.980 bits per heavy atom. The Morgan fingerprint density at radius 3 is 2.50 bits per heavy atom. The Labute approximate surface area is 290 Å². The summed E-state index contributed by atoms with van der Waals surface area (Å²) in [6.07, 6.45) is 8.02. The second-order valence-electron chi connectivity index (χ2n) is 13.9. The van der Waals surface area contributed by atoms with Gasteiger partial charge in [-0.2, -0.15) is 10.2 Å². The first-order chi connectivity index (χ1) is 24.2. The van der Waals surface area contributed by atoms with Crippen molar-refractivity contribution in [3.8, 4) is 28.5 Å². The monoisotopic (exact) mass is 671 g/mol. The van der Waals surface area contributed by atoms with Crippen molar-refractivity contribution in [2.75, 3.05) is 44.2 Å². The van der Waals surface area contributed by atoms with Crippen LogP contribution < -0.4 is 9.64 Å². The molecule has 1 atom stereocenters. The number of benzene rings is 2. The zero-order valence-electron chi connectivity index (χ0n) is 28.7. The zero-order valence-corrected chi connectivity index (χ0v) is 28.7. The Bertz CT molecular complexity index is 2080. The maximum Gasteiger partial charge on any atom is 0.237 e. The topological polar surface area (TPSA) is 125 Å². The summed E-state index contributed by atoms with van der Waals surface area (Å²) in [6.45, 7) is 7.56. The number of nitrogens with zero attached hydrogens (tertiary/aromatic N) is 8. The predicted molar refractivity (Wildman–Crippen MR) is 191 cm³/mol. The maximum atomic E-state index is 14.0. The summed E-state index contributed by atoms with van der Waals surface area (Å²) < 4.78 is 7.40. The van der Waals surface area contributed by atoms with Gasteiger partial charge < -0.3 is 14.5 Å². The van der Waals surface area contributed by atoms with Crippen LogP contribution in [0.5, 0.6) is 5.88 Å². The molecule has 50 heavy (non-hydrogen) atoms. The molecule has 2 aromatic carbocycles. The zero-order chi connectivity index (χ0) is 34.4. The van der Waals surface area contributed by atoms with E-state index in [-0.39, 0.29) is 17.9 Å². The van der Waals surface area contributed by atoms with Gasteiger partial charge in [0.25, 0.3) is 0 Å². The highest BCUT2D eigenvalue weighted by Gasteiger charge is 2.51. The third-order valence-corrected chi connectivity index (χ3v) is 10.2. The Kier molecular flexibility index (Phi) is 8.18. The minimum Gasteiger partial charge on any atom is -0.475 e. The number of pyridine rings is 1. The number of hydrogen-bond donors (Lipinski definition) is 1. The van der Waals surface area contributed by atoms with Crippen LogP contribution in [0.15, 0.2) is 73.2 Å². The molecule has 6 heterocycles. The molecule has 12 nitrogen and oxygen atoms in total. The second kappa shape index (κ2) is 12.8. The highest BCUT2D eigenvalue weighted by molar-refractivity contribution is 6.03. The molecule has 2 fully saturated rings. The number of nitrogens with one attached hydrogen (secondary N) is 1. The molecule has 0 radical (unpaired) electrons. The van der Waals surface area contributed by atoms with E-state index in [2.05, 4.69) is 48.4 Å². The molecule has 0 aliphatic carbocycles. The van der Waals surface area contributed by atoms with Gasteiger partial charge in [0.05, 0.1) is 23.6 Å². The third-order valence-electron chi connectivity index (χ3n) is 10.2. The van der Waals surface area contributed by atoms with E-state index in [0.29, 0.717) is 44.4 Å². The van der Waals surface area contributed by atoms with E-state index in [1.165, 1.54) is 5.57 Å². The molecule has 1 N–H and O–H groups in total. The van der Waals surface area contributed by atoms with E-state index in [1.54, 1.807) is 17.2 Å². The molecule has 3 aliphatic rings. The van der Waals surface area contributed by atoms with E-state index in [4.69, 9.17) is 4.74 Å². The third kappa shape index (κ3) is 6.04.